The molecule has 190 valence electrons. The second-order valence-electron chi connectivity index (χ2n) is 7.25. The van der Waals surface area contributed by atoms with Gasteiger partial charge in [0, 0.05) is 23.9 Å². The number of anilines is 1. The Morgan fingerprint density at radius 3 is 2.78 bits per heavy atom. The highest BCUT2D eigenvalue weighted by Gasteiger charge is 2.54. The lowest BCUT2D eigenvalue weighted by atomic mass is 10.0. The van der Waals surface area contributed by atoms with Gasteiger partial charge in [-0.3, -0.25) is 19.3 Å². The van der Waals surface area contributed by atoms with Gasteiger partial charge < -0.3 is 26.1 Å². The number of aliphatic carboxylic acids is 1. The van der Waals surface area contributed by atoms with Crippen LogP contribution < -0.4 is 16.6 Å². The lowest BCUT2D eigenvalue weighted by Crippen LogP contribution is -2.71. The summed E-state index contributed by atoms with van der Waals surface area (Å²) in [5, 5.41) is 30.3. The van der Waals surface area contributed by atoms with Crippen molar-refractivity contribution in [3.8, 4) is 5.88 Å². The number of carbonyl (C=O) groups excluding carboxylic acids is 2. The third-order valence-corrected chi connectivity index (χ3v) is 8.10. The van der Waals surface area contributed by atoms with Crippen LogP contribution in [0.3, 0.4) is 0 Å². The van der Waals surface area contributed by atoms with Crippen LogP contribution in [0.5, 0.6) is 5.88 Å². The summed E-state index contributed by atoms with van der Waals surface area (Å²) in [5.41, 5.74) is 4.94. The van der Waals surface area contributed by atoms with Crippen molar-refractivity contribution >= 4 is 63.5 Å². The number of fused-ring (bicyclic) bond motifs is 1. The molecule has 2 atom stereocenters. The maximum atomic E-state index is 12.9. The fourth-order valence-corrected chi connectivity index (χ4v) is 6.35. The Hall–Kier alpha value is -3.64. The van der Waals surface area contributed by atoms with E-state index in [4.69, 9.17) is 10.6 Å². The van der Waals surface area contributed by atoms with E-state index in [9.17, 15) is 29.4 Å². The average Bonchev–Trinajstić information content (AvgIpc) is 3.27. The van der Waals surface area contributed by atoms with Crippen LogP contribution in [-0.2, 0) is 26.3 Å². The predicted molar refractivity (Wildman–Crippen MR) is 129 cm³/mol. The summed E-state index contributed by atoms with van der Waals surface area (Å²) in [5.74, 6) is -3.04. The van der Waals surface area contributed by atoms with Crippen LogP contribution >= 0.6 is 34.9 Å². The van der Waals surface area contributed by atoms with E-state index in [2.05, 4.69) is 25.5 Å². The molecule has 1 saturated heterocycles. The molecule has 36 heavy (non-hydrogen) atoms. The number of thiazole rings is 1. The number of nitrogens with two attached hydrogens (primary N) is 1. The second-order valence-corrected chi connectivity index (χ2v) is 10.2. The summed E-state index contributed by atoms with van der Waals surface area (Å²) >= 11 is 3.41. The third-order valence-electron chi connectivity index (χ3n) is 4.98. The summed E-state index contributed by atoms with van der Waals surface area (Å²) in [6, 6.07) is -0.993. The molecule has 0 spiro atoms. The molecule has 18 heteroatoms. The smallest absolute Gasteiger partial charge is 0.352 e. The van der Waals surface area contributed by atoms with Crippen molar-refractivity contribution in [3.63, 3.8) is 0 Å². The number of aromatic hydroxyl groups is 1. The number of aromatic nitrogens is 4. The number of carboxylic acid groups (broad SMARTS) is 1. The van der Waals surface area contributed by atoms with E-state index >= 15 is 0 Å². The first kappa shape index (κ1) is 25.5. The average molecular weight is 555 g/mol. The number of amides is 2. The highest BCUT2D eigenvalue weighted by molar-refractivity contribution is 8.01. The number of carboxylic acids is 1. The Labute approximate surface area is 214 Å². The molecule has 1 unspecified atom stereocenters. The van der Waals surface area contributed by atoms with Crippen LogP contribution in [-0.4, -0.2) is 88.4 Å². The van der Waals surface area contributed by atoms with Crippen LogP contribution in [0.4, 0.5) is 5.13 Å². The minimum atomic E-state index is -1.31. The van der Waals surface area contributed by atoms with E-state index in [1.165, 1.54) is 36.0 Å². The molecule has 0 aliphatic carbocycles. The molecule has 2 aromatic rings. The molecule has 2 aliphatic heterocycles. The van der Waals surface area contributed by atoms with Crippen LogP contribution in [0.15, 0.2) is 31.8 Å². The molecule has 2 aromatic heterocycles. The zero-order valence-corrected chi connectivity index (χ0v) is 21.0. The lowest BCUT2D eigenvalue weighted by molar-refractivity contribution is -0.150. The van der Waals surface area contributed by atoms with E-state index in [1.807, 2.05) is 0 Å². The van der Waals surface area contributed by atoms with Crippen LogP contribution in [0.25, 0.3) is 0 Å². The Kier molecular flexibility index (Phi) is 7.18. The van der Waals surface area contributed by atoms with Crippen molar-refractivity contribution in [2.75, 3.05) is 24.3 Å². The van der Waals surface area contributed by atoms with E-state index < -0.39 is 40.6 Å². The number of carbonyl (C=O) groups is 3. The first-order valence-electron chi connectivity index (χ1n) is 9.92. The molecule has 4 rings (SSSR count). The van der Waals surface area contributed by atoms with Gasteiger partial charge in [0.15, 0.2) is 16.0 Å². The maximum Gasteiger partial charge on any atom is 0.352 e. The minimum absolute atomic E-state index is 0.102. The van der Waals surface area contributed by atoms with Crippen molar-refractivity contribution in [1.82, 2.24) is 30.0 Å². The quantitative estimate of drug-likeness (QED) is 0.131. The zero-order valence-electron chi connectivity index (χ0n) is 18.6. The van der Waals surface area contributed by atoms with Crippen LogP contribution in [0.2, 0.25) is 0 Å². The van der Waals surface area contributed by atoms with Gasteiger partial charge in [0.2, 0.25) is 0 Å². The molecule has 0 aromatic carbocycles. The van der Waals surface area contributed by atoms with Gasteiger partial charge in [-0.15, -0.1) is 28.2 Å². The lowest BCUT2D eigenvalue weighted by Gasteiger charge is -2.49. The molecule has 5 N–H and O–H groups in total. The van der Waals surface area contributed by atoms with E-state index in [0.29, 0.717) is 5.57 Å². The summed E-state index contributed by atoms with van der Waals surface area (Å²) in [4.78, 5) is 62.9. The molecule has 0 saturated carbocycles. The van der Waals surface area contributed by atoms with E-state index in [0.717, 1.165) is 28.0 Å². The molecule has 0 radical (unpaired) electrons. The van der Waals surface area contributed by atoms with E-state index in [1.54, 1.807) is 0 Å². The molecule has 0 bridgehead atoms. The molecule has 1 fully saturated rings. The van der Waals surface area contributed by atoms with Crippen molar-refractivity contribution in [2.45, 2.75) is 16.6 Å². The number of nitrogens with one attached hydrogen (secondary N) is 1. The normalized spacial score (nSPS) is 19.6. The van der Waals surface area contributed by atoms with Crippen LogP contribution in [0, 0.1) is 0 Å². The fourth-order valence-electron chi connectivity index (χ4n) is 3.41. The summed E-state index contributed by atoms with van der Waals surface area (Å²) < 4.78 is 1.19. The number of oxime groups is 1. The van der Waals surface area contributed by atoms with E-state index in [-0.39, 0.29) is 38.9 Å². The predicted octanol–water partition coefficient (Wildman–Crippen LogP) is -1.20. The Bertz CT molecular complexity index is 1370. The Morgan fingerprint density at radius 2 is 2.14 bits per heavy atom. The summed E-state index contributed by atoms with van der Waals surface area (Å²) in [6.07, 6.45) is 0. The molecule has 15 nitrogen and oxygen atoms in total. The van der Waals surface area contributed by atoms with Crippen molar-refractivity contribution in [2.24, 2.45) is 12.2 Å². The number of hydrogen-bond donors (Lipinski definition) is 4. The highest BCUT2D eigenvalue weighted by Crippen LogP contribution is 2.41. The number of rotatable bonds is 8. The Balaban J connectivity index is 1.51. The van der Waals surface area contributed by atoms with Gasteiger partial charge in [-0.25, -0.2) is 14.5 Å². The summed E-state index contributed by atoms with van der Waals surface area (Å²) in [7, 11) is 2.72. The Morgan fingerprint density at radius 1 is 1.39 bits per heavy atom. The number of nitrogens with zero attached hydrogens (tertiary/aromatic N) is 6. The van der Waals surface area contributed by atoms with Gasteiger partial charge in [0.25, 0.3) is 17.7 Å². The largest absolute Gasteiger partial charge is 0.488 e. The number of hydrogen-bond acceptors (Lipinski definition) is 14. The molecular weight excluding hydrogens is 536 g/mol. The number of β-lactam (4-membered cyclic amide) rings is 1. The SMILES string of the molecule is CO/N=C(\C(=O)NC1C(=O)N2C(C(=O)O)=C(CSc3nc(=O)c(O)nn3C)CS[C@@H]12)c1csc(N)n1. The first-order valence-corrected chi connectivity index (χ1v) is 12.8. The topological polar surface area (TPSA) is 215 Å². The van der Waals surface area contributed by atoms with Crippen molar-refractivity contribution < 1.29 is 29.4 Å². The molecular formula is C18H18N8O7S3. The molecule has 2 aliphatic rings. The van der Waals surface area contributed by atoms with Crippen LogP contribution in [0.1, 0.15) is 5.69 Å². The second kappa shape index (κ2) is 10.2. The standard InChI is InChI=1S/C18H18N8O7S3/c1-25-18(22-12(28)13(29)23-25)36-4-6-3-34-15-9(14(30)26(15)10(6)16(31)32)21-11(27)8(24-33-2)7-5-35-17(19)20-7/h5,9,15H,3-4H2,1-2H3,(H2,19,20)(H,21,27)(H,23,29)(H,31,32)/b24-8-/t9?,15-/m0/s1. The van der Waals surface area contributed by atoms with Gasteiger partial charge in [0.05, 0.1) is 0 Å². The van der Waals surface area contributed by atoms with Gasteiger partial charge in [0.1, 0.15) is 29.9 Å². The van der Waals surface area contributed by atoms with Gasteiger partial charge in [-0.2, -0.15) is 4.98 Å². The van der Waals surface area contributed by atoms with Crippen molar-refractivity contribution in [3.05, 3.63) is 32.7 Å². The third kappa shape index (κ3) is 4.73. The molecule has 2 amide bonds. The van der Waals surface area contributed by atoms with Crippen molar-refractivity contribution in [1.29, 1.82) is 0 Å². The highest BCUT2D eigenvalue weighted by atomic mass is 32.2. The molecule has 4 heterocycles. The van der Waals surface area contributed by atoms with Gasteiger partial charge in [-0.05, 0) is 5.57 Å². The van der Waals surface area contributed by atoms with Gasteiger partial charge >= 0.3 is 11.5 Å². The van der Waals surface area contributed by atoms with Gasteiger partial charge in [-0.1, -0.05) is 16.9 Å². The number of nitrogen functional groups attached to an aromatic ring is 1. The maximum absolute atomic E-state index is 12.9. The minimum Gasteiger partial charge on any atom is -0.488 e. The summed E-state index contributed by atoms with van der Waals surface area (Å²) in [6.45, 7) is 0. The number of aryl methyl sites for hydroxylation is 1. The number of thioether (sulfide) groups is 2. The fraction of sp³-hybridized carbons (Fsp3) is 0.333. The monoisotopic (exact) mass is 554 g/mol. The zero-order chi connectivity index (χ0) is 26.1. The first-order chi connectivity index (χ1) is 17.1.